The van der Waals surface area contributed by atoms with Gasteiger partial charge in [0.2, 0.25) is 0 Å². The van der Waals surface area contributed by atoms with E-state index in [0.717, 1.165) is 16.8 Å². The molecule has 3 aromatic rings. The van der Waals surface area contributed by atoms with Crippen LogP contribution in [0.1, 0.15) is 33.9 Å². The van der Waals surface area contributed by atoms with E-state index in [2.05, 4.69) is 0 Å². The second kappa shape index (κ2) is 9.65. The van der Waals surface area contributed by atoms with Gasteiger partial charge in [-0.2, -0.15) is 5.10 Å². The van der Waals surface area contributed by atoms with Gasteiger partial charge in [0.1, 0.15) is 11.5 Å². The van der Waals surface area contributed by atoms with Gasteiger partial charge in [-0.3, -0.25) is 4.79 Å². The van der Waals surface area contributed by atoms with E-state index < -0.39 is 0 Å². The van der Waals surface area contributed by atoms with Gasteiger partial charge in [0.15, 0.2) is 11.5 Å². The molecule has 7 nitrogen and oxygen atoms in total. The minimum Gasteiger partial charge on any atom is -0.497 e. The number of nitrogens with zero attached hydrogens (tertiary/aromatic N) is 2. The van der Waals surface area contributed by atoms with Gasteiger partial charge in [-0.15, -0.1) is 0 Å². The first-order valence-corrected chi connectivity index (χ1v) is 10.5. The van der Waals surface area contributed by atoms with Gasteiger partial charge in [0, 0.05) is 23.6 Å². The number of hydrogen-bond acceptors (Lipinski definition) is 6. The van der Waals surface area contributed by atoms with Crippen LogP contribution in [0.3, 0.4) is 0 Å². The summed E-state index contributed by atoms with van der Waals surface area (Å²) in [5.41, 5.74) is 3.02. The van der Waals surface area contributed by atoms with Crippen molar-refractivity contribution in [2.75, 3.05) is 28.4 Å². The van der Waals surface area contributed by atoms with Crippen molar-refractivity contribution < 1.29 is 23.7 Å². The lowest BCUT2D eigenvalue weighted by molar-refractivity contribution is 0.0711. The van der Waals surface area contributed by atoms with Crippen molar-refractivity contribution in [1.82, 2.24) is 5.01 Å². The molecule has 0 saturated heterocycles. The Morgan fingerprint density at radius 1 is 0.818 bits per heavy atom. The molecule has 0 radical (unpaired) electrons. The zero-order chi connectivity index (χ0) is 23.4. The summed E-state index contributed by atoms with van der Waals surface area (Å²) in [7, 11) is 6.39. The molecule has 170 valence electrons. The van der Waals surface area contributed by atoms with Crippen LogP contribution in [0.2, 0.25) is 0 Å². The summed E-state index contributed by atoms with van der Waals surface area (Å²) >= 11 is 0. The number of amides is 1. The van der Waals surface area contributed by atoms with Crippen molar-refractivity contribution in [2.24, 2.45) is 5.10 Å². The van der Waals surface area contributed by atoms with Crippen LogP contribution in [0.25, 0.3) is 0 Å². The Labute approximate surface area is 193 Å². The molecule has 1 unspecified atom stereocenters. The van der Waals surface area contributed by atoms with Gasteiger partial charge in [-0.05, 0) is 42.0 Å². The number of hydrazone groups is 1. The number of benzene rings is 3. The molecule has 0 aromatic heterocycles. The number of hydrogen-bond donors (Lipinski definition) is 0. The molecule has 1 amide bonds. The second-order valence-electron chi connectivity index (χ2n) is 7.46. The average molecular weight is 447 g/mol. The zero-order valence-electron chi connectivity index (χ0n) is 19.1. The van der Waals surface area contributed by atoms with Crippen LogP contribution in [0.15, 0.2) is 71.8 Å². The molecule has 7 heteroatoms. The highest BCUT2D eigenvalue weighted by atomic mass is 16.5. The van der Waals surface area contributed by atoms with Crippen molar-refractivity contribution in [3.8, 4) is 23.0 Å². The number of methoxy groups -OCH3 is 4. The lowest BCUT2D eigenvalue weighted by Crippen LogP contribution is -2.27. The van der Waals surface area contributed by atoms with Crippen LogP contribution >= 0.6 is 0 Å². The third-order valence-corrected chi connectivity index (χ3v) is 5.65. The van der Waals surface area contributed by atoms with Gasteiger partial charge >= 0.3 is 0 Å². The van der Waals surface area contributed by atoms with Crippen molar-refractivity contribution >= 4 is 11.6 Å². The third kappa shape index (κ3) is 4.35. The lowest BCUT2D eigenvalue weighted by Gasteiger charge is -2.23. The van der Waals surface area contributed by atoms with Crippen LogP contribution in [0.4, 0.5) is 0 Å². The standard InChI is InChI=1S/C26H26N2O5/c1-30-19-11-12-20(24(15-19)32-3)21-16-22(18-10-13-23(31-2)25(14-18)33-4)28(27-21)26(29)17-8-6-5-7-9-17/h5-15,22H,16H2,1-4H3. The molecule has 33 heavy (non-hydrogen) atoms. The monoisotopic (exact) mass is 446 g/mol. The molecule has 4 rings (SSSR count). The molecule has 0 saturated carbocycles. The minimum atomic E-state index is -0.320. The van der Waals surface area contributed by atoms with E-state index in [0.29, 0.717) is 35.0 Å². The Bertz CT molecular complexity index is 1180. The summed E-state index contributed by atoms with van der Waals surface area (Å²) in [5, 5.41) is 6.30. The summed E-state index contributed by atoms with van der Waals surface area (Å²) in [6.07, 6.45) is 0.511. The van der Waals surface area contributed by atoms with E-state index in [-0.39, 0.29) is 11.9 Å². The SMILES string of the molecule is COc1ccc(C2=NN(C(=O)c3ccccc3)C(c3ccc(OC)c(OC)c3)C2)c(OC)c1. The highest BCUT2D eigenvalue weighted by molar-refractivity contribution is 6.06. The molecule has 3 aromatic carbocycles. The predicted molar refractivity (Wildman–Crippen MR) is 126 cm³/mol. The Morgan fingerprint density at radius 2 is 1.55 bits per heavy atom. The Kier molecular flexibility index (Phi) is 6.49. The molecule has 1 heterocycles. The predicted octanol–water partition coefficient (Wildman–Crippen LogP) is 4.71. The summed E-state index contributed by atoms with van der Waals surface area (Å²) in [6, 6.07) is 20.0. The molecular weight excluding hydrogens is 420 g/mol. The maximum Gasteiger partial charge on any atom is 0.274 e. The maximum atomic E-state index is 13.5. The molecule has 0 spiro atoms. The topological polar surface area (TPSA) is 69.6 Å². The summed E-state index contributed by atoms with van der Waals surface area (Å²) in [4.78, 5) is 13.5. The normalized spacial score (nSPS) is 15.1. The van der Waals surface area contributed by atoms with Crippen molar-refractivity contribution in [3.05, 3.63) is 83.4 Å². The first kappa shape index (κ1) is 22.2. The first-order chi connectivity index (χ1) is 16.1. The van der Waals surface area contributed by atoms with Crippen molar-refractivity contribution in [3.63, 3.8) is 0 Å². The fourth-order valence-electron chi connectivity index (χ4n) is 3.93. The van der Waals surface area contributed by atoms with Crippen molar-refractivity contribution in [2.45, 2.75) is 12.5 Å². The molecule has 0 fully saturated rings. The van der Waals surface area contributed by atoms with Gasteiger partial charge in [0.25, 0.3) is 5.91 Å². The van der Waals surface area contributed by atoms with E-state index in [1.807, 2.05) is 54.6 Å². The van der Waals surface area contributed by atoms with Crippen LogP contribution < -0.4 is 18.9 Å². The molecule has 1 aliphatic rings. The van der Waals surface area contributed by atoms with Crippen LogP contribution in [-0.2, 0) is 0 Å². The lowest BCUT2D eigenvalue weighted by atomic mass is 9.97. The van der Waals surface area contributed by atoms with E-state index in [1.165, 1.54) is 5.01 Å². The molecule has 0 bridgehead atoms. The van der Waals surface area contributed by atoms with Gasteiger partial charge < -0.3 is 18.9 Å². The van der Waals surface area contributed by atoms with E-state index >= 15 is 0 Å². The number of ether oxygens (including phenoxy) is 4. The van der Waals surface area contributed by atoms with Crippen LogP contribution in [0.5, 0.6) is 23.0 Å². The summed E-state index contributed by atoms with van der Waals surface area (Å²) < 4.78 is 21.8. The van der Waals surface area contributed by atoms with E-state index in [1.54, 1.807) is 40.6 Å². The van der Waals surface area contributed by atoms with Crippen LogP contribution in [0, 0.1) is 0 Å². The van der Waals surface area contributed by atoms with Crippen LogP contribution in [-0.4, -0.2) is 45.1 Å². The third-order valence-electron chi connectivity index (χ3n) is 5.65. The molecule has 1 atom stereocenters. The van der Waals surface area contributed by atoms with E-state index in [9.17, 15) is 4.79 Å². The zero-order valence-corrected chi connectivity index (χ0v) is 19.1. The average Bonchev–Trinajstić information content (AvgIpc) is 3.33. The van der Waals surface area contributed by atoms with Crippen molar-refractivity contribution in [1.29, 1.82) is 0 Å². The van der Waals surface area contributed by atoms with Gasteiger partial charge in [-0.1, -0.05) is 24.3 Å². The molecule has 0 aliphatic carbocycles. The number of rotatable bonds is 7. The van der Waals surface area contributed by atoms with Gasteiger partial charge in [0.05, 0.1) is 40.2 Å². The Hall–Kier alpha value is -4.00. The first-order valence-electron chi connectivity index (χ1n) is 10.5. The fraction of sp³-hybridized carbons (Fsp3) is 0.231. The highest BCUT2D eigenvalue weighted by Crippen LogP contribution is 2.39. The Balaban J connectivity index is 1.78. The Morgan fingerprint density at radius 3 is 2.21 bits per heavy atom. The highest BCUT2D eigenvalue weighted by Gasteiger charge is 2.35. The van der Waals surface area contributed by atoms with E-state index in [4.69, 9.17) is 24.0 Å². The largest absolute Gasteiger partial charge is 0.497 e. The number of carbonyl (C=O) groups is 1. The smallest absolute Gasteiger partial charge is 0.274 e. The quantitative estimate of drug-likeness (QED) is 0.526. The number of carbonyl (C=O) groups excluding carboxylic acids is 1. The molecule has 0 N–H and O–H groups in total. The summed E-state index contributed by atoms with van der Waals surface area (Å²) in [5.74, 6) is 2.35. The molecular formula is C26H26N2O5. The maximum absolute atomic E-state index is 13.5. The molecule has 1 aliphatic heterocycles. The van der Waals surface area contributed by atoms with Gasteiger partial charge in [-0.25, -0.2) is 5.01 Å². The second-order valence-corrected chi connectivity index (χ2v) is 7.46. The minimum absolute atomic E-state index is 0.183. The fourth-order valence-corrected chi connectivity index (χ4v) is 3.93. The summed E-state index contributed by atoms with van der Waals surface area (Å²) in [6.45, 7) is 0.